The number of hydrogen-bond acceptors (Lipinski definition) is 3. The van der Waals surface area contributed by atoms with Gasteiger partial charge in [0.15, 0.2) is 0 Å². The van der Waals surface area contributed by atoms with Crippen LogP contribution in [0.25, 0.3) is 0 Å². The standard InChI is InChI=1S/C18H22F2N4O/c1-22(10-11-24-9-3-7-21-24)17-4-2-8-23(18(17)25)13-14-5-6-15(19)12-16(14)20/h3,5-7,9,12,17H,2,4,8,10-11,13H2,1H3/t17-/m0/s1. The molecule has 1 fully saturated rings. The van der Waals surface area contributed by atoms with Gasteiger partial charge in [0.2, 0.25) is 5.91 Å². The zero-order valence-corrected chi connectivity index (χ0v) is 14.2. The van der Waals surface area contributed by atoms with E-state index in [1.165, 1.54) is 12.1 Å². The highest BCUT2D eigenvalue weighted by atomic mass is 19.1. The van der Waals surface area contributed by atoms with Crippen molar-refractivity contribution >= 4 is 5.91 Å². The maximum Gasteiger partial charge on any atom is 0.240 e. The van der Waals surface area contributed by atoms with Crippen LogP contribution >= 0.6 is 0 Å². The van der Waals surface area contributed by atoms with Gasteiger partial charge in [-0.05, 0) is 32.0 Å². The van der Waals surface area contributed by atoms with Gasteiger partial charge < -0.3 is 4.90 Å². The van der Waals surface area contributed by atoms with Gasteiger partial charge in [0.1, 0.15) is 11.6 Å². The van der Waals surface area contributed by atoms with E-state index in [9.17, 15) is 13.6 Å². The maximum atomic E-state index is 13.9. The highest BCUT2D eigenvalue weighted by Gasteiger charge is 2.31. The van der Waals surface area contributed by atoms with Gasteiger partial charge in [-0.2, -0.15) is 5.10 Å². The molecule has 5 nitrogen and oxygen atoms in total. The first kappa shape index (κ1) is 17.5. The minimum atomic E-state index is -0.609. The van der Waals surface area contributed by atoms with Crippen LogP contribution in [0.5, 0.6) is 0 Å². The van der Waals surface area contributed by atoms with Crippen LogP contribution in [0.2, 0.25) is 0 Å². The summed E-state index contributed by atoms with van der Waals surface area (Å²) in [6.07, 6.45) is 5.27. The van der Waals surface area contributed by atoms with Gasteiger partial charge in [-0.15, -0.1) is 0 Å². The lowest BCUT2D eigenvalue weighted by atomic mass is 10.0. The first-order valence-electron chi connectivity index (χ1n) is 8.45. The van der Waals surface area contributed by atoms with Gasteiger partial charge in [0, 0.05) is 43.7 Å². The molecule has 0 saturated carbocycles. The van der Waals surface area contributed by atoms with Crippen molar-refractivity contribution in [2.45, 2.75) is 32.0 Å². The third kappa shape index (κ3) is 4.22. The van der Waals surface area contributed by atoms with Crippen molar-refractivity contribution in [2.24, 2.45) is 0 Å². The van der Waals surface area contributed by atoms with Gasteiger partial charge in [-0.1, -0.05) is 6.07 Å². The summed E-state index contributed by atoms with van der Waals surface area (Å²) in [6.45, 7) is 2.18. The van der Waals surface area contributed by atoms with E-state index >= 15 is 0 Å². The number of nitrogens with zero attached hydrogens (tertiary/aromatic N) is 4. The zero-order valence-electron chi connectivity index (χ0n) is 14.2. The maximum absolute atomic E-state index is 13.9. The van der Waals surface area contributed by atoms with Crippen molar-refractivity contribution in [3.63, 3.8) is 0 Å². The van der Waals surface area contributed by atoms with Crippen molar-refractivity contribution in [1.29, 1.82) is 0 Å². The molecule has 1 aliphatic heterocycles. The Morgan fingerprint density at radius 1 is 1.36 bits per heavy atom. The van der Waals surface area contributed by atoms with Crippen LogP contribution in [0.4, 0.5) is 8.78 Å². The van der Waals surface area contributed by atoms with E-state index < -0.39 is 11.6 Å². The Balaban J connectivity index is 1.61. The molecule has 25 heavy (non-hydrogen) atoms. The lowest BCUT2D eigenvalue weighted by molar-refractivity contribution is -0.140. The number of benzene rings is 1. The molecule has 3 rings (SSSR count). The Kier molecular flexibility index (Phi) is 5.43. The van der Waals surface area contributed by atoms with E-state index in [4.69, 9.17) is 0 Å². The predicted octanol–water partition coefficient (Wildman–Crippen LogP) is 2.28. The number of halogens is 2. The number of carbonyl (C=O) groups is 1. The molecule has 0 bridgehead atoms. The second-order valence-corrected chi connectivity index (χ2v) is 6.40. The Morgan fingerprint density at radius 2 is 2.20 bits per heavy atom. The summed E-state index contributed by atoms with van der Waals surface area (Å²) in [6, 6.07) is 5.14. The molecule has 2 heterocycles. The number of hydrogen-bond donors (Lipinski definition) is 0. The fraction of sp³-hybridized carbons (Fsp3) is 0.444. The summed E-state index contributed by atoms with van der Waals surface area (Å²) in [7, 11) is 1.92. The van der Waals surface area contributed by atoms with E-state index in [0.29, 0.717) is 25.2 Å². The normalized spacial score (nSPS) is 18.2. The topological polar surface area (TPSA) is 41.4 Å². The number of likely N-dealkylation sites (N-methyl/N-ethyl adjacent to an activating group) is 1. The summed E-state index contributed by atoms with van der Waals surface area (Å²) < 4.78 is 28.7. The Morgan fingerprint density at radius 3 is 2.92 bits per heavy atom. The first-order chi connectivity index (χ1) is 12.0. The van der Waals surface area contributed by atoms with E-state index in [2.05, 4.69) is 5.10 Å². The smallest absolute Gasteiger partial charge is 0.240 e. The third-order valence-electron chi connectivity index (χ3n) is 4.65. The molecule has 0 radical (unpaired) electrons. The number of amides is 1. The summed E-state index contributed by atoms with van der Waals surface area (Å²) in [5, 5.41) is 4.16. The molecule has 0 spiro atoms. The minimum absolute atomic E-state index is 0.00191. The van der Waals surface area contributed by atoms with Crippen LogP contribution in [0.1, 0.15) is 18.4 Å². The van der Waals surface area contributed by atoms with Crippen molar-refractivity contribution in [1.82, 2.24) is 19.6 Å². The van der Waals surface area contributed by atoms with Crippen LogP contribution < -0.4 is 0 Å². The van der Waals surface area contributed by atoms with Crippen LogP contribution in [0.15, 0.2) is 36.7 Å². The van der Waals surface area contributed by atoms with Crippen molar-refractivity contribution in [2.75, 3.05) is 20.1 Å². The van der Waals surface area contributed by atoms with Gasteiger partial charge in [0.05, 0.1) is 12.6 Å². The number of aromatic nitrogens is 2. The molecule has 1 atom stereocenters. The van der Waals surface area contributed by atoms with Gasteiger partial charge in [-0.25, -0.2) is 8.78 Å². The molecule has 1 aliphatic rings. The number of rotatable bonds is 6. The van der Waals surface area contributed by atoms with Crippen molar-refractivity contribution < 1.29 is 13.6 Å². The second kappa shape index (κ2) is 7.74. The van der Waals surface area contributed by atoms with Crippen molar-refractivity contribution in [3.8, 4) is 0 Å². The summed E-state index contributed by atoms with van der Waals surface area (Å²) >= 11 is 0. The molecule has 0 aliphatic carbocycles. The average Bonchev–Trinajstić information content (AvgIpc) is 3.10. The molecule has 1 aromatic carbocycles. The van der Waals surface area contributed by atoms with E-state index in [1.54, 1.807) is 11.1 Å². The molecule has 7 heteroatoms. The Labute approximate surface area is 145 Å². The fourth-order valence-electron chi connectivity index (χ4n) is 3.19. The van der Waals surface area contributed by atoms with Gasteiger partial charge in [-0.3, -0.25) is 14.4 Å². The van der Waals surface area contributed by atoms with Gasteiger partial charge >= 0.3 is 0 Å². The molecule has 2 aromatic rings. The SMILES string of the molecule is CN(CCn1cccn1)[C@H]1CCCN(Cc2ccc(F)cc2F)C1=O. The van der Waals surface area contributed by atoms with E-state index in [1.807, 2.05) is 28.9 Å². The Bertz CT molecular complexity index is 720. The summed E-state index contributed by atoms with van der Waals surface area (Å²) in [5.74, 6) is -1.22. The third-order valence-corrected chi connectivity index (χ3v) is 4.65. The van der Waals surface area contributed by atoms with E-state index in [-0.39, 0.29) is 18.5 Å². The highest BCUT2D eigenvalue weighted by Crippen LogP contribution is 2.20. The van der Waals surface area contributed by atoms with Crippen LogP contribution in [-0.4, -0.2) is 51.7 Å². The van der Waals surface area contributed by atoms with Crippen LogP contribution in [0, 0.1) is 11.6 Å². The number of carbonyl (C=O) groups excluding carboxylic acids is 1. The lowest BCUT2D eigenvalue weighted by Gasteiger charge is -2.37. The highest BCUT2D eigenvalue weighted by molar-refractivity contribution is 5.82. The first-order valence-corrected chi connectivity index (χ1v) is 8.45. The molecule has 134 valence electrons. The quantitative estimate of drug-likeness (QED) is 0.804. The molecule has 0 N–H and O–H groups in total. The molecule has 1 aromatic heterocycles. The molecule has 1 saturated heterocycles. The predicted molar refractivity (Wildman–Crippen MR) is 89.7 cm³/mol. The zero-order chi connectivity index (χ0) is 17.8. The number of piperidine rings is 1. The largest absolute Gasteiger partial charge is 0.337 e. The lowest BCUT2D eigenvalue weighted by Crippen LogP contribution is -2.51. The monoisotopic (exact) mass is 348 g/mol. The minimum Gasteiger partial charge on any atom is -0.337 e. The summed E-state index contributed by atoms with van der Waals surface area (Å²) in [5.41, 5.74) is 0.342. The summed E-state index contributed by atoms with van der Waals surface area (Å²) in [4.78, 5) is 16.5. The molecular weight excluding hydrogens is 326 g/mol. The average molecular weight is 348 g/mol. The van der Waals surface area contributed by atoms with E-state index in [0.717, 1.165) is 18.9 Å². The van der Waals surface area contributed by atoms with Gasteiger partial charge in [0.25, 0.3) is 0 Å². The molecule has 0 unspecified atom stereocenters. The van der Waals surface area contributed by atoms with Crippen molar-refractivity contribution in [3.05, 3.63) is 53.9 Å². The molecular formula is C18H22F2N4O. The number of likely N-dealkylation sites (tertiary alicyclic amines) is 1. The van der Waals surface area contributed by atoms with Crippen LogP contribution in [-0.2, 0) is 17.9 Å². The second-order valence-electron chi connectivity index (χ2n) is 6.40. The molecule has 1 amide bonds. The Hall–Kier alpha value is -2.28. The fourth-order valence-corrected chi connectivity index (χ4v) is 3.19. The van der Waals surface area contributed by atoms with Crippen LogP contribution in [0.3, 0.4) is 0 Å².